The Bertz CT molecular complexity index is 2580. The van der Waals surface area contributed by atoms with E-state index in [1.807, 2.05) is 13.8 Å². The summed E-state index contributed by atoms with van der Waals surface area (Å²) in [4.78, 5) is 0. The molecule has 2 nitrogen and oxygen atoms in total. The van der Waals surface area contributed by atoms with Crippen molar-refractivity contribution in [3.05, 3.63) is 169 Å². The van der Waals surface area contributed by atoms with E-state index in [1.54, 1.807) is 0 Å². The van der Waals surface area contributed by atoms with Gasteiger partial charge in [-0.2, -0.15) is 0 Å². The van der Waals surface area contributed by atoms with Gasteiger partial charge in [0.25, 0.3) is 0 Å². The minimum Gasteiger partial charge on any atom is -0.309 e. The van der Waals surface area contributed by atoms with Crippen LogP contribution in [0.15, 0.2) is 158 Å². The summed E-state index contributed by atoms with van der Waals surface area (Å²) in [7, 11) is 0. The quantitative estimate of drug-likeness (QED) is 0.181. The van der Waals surface area contributed by atoms with Gasteiger partial charge in [-0.1, -0.05) is 137 Å². The number of para-hydroxylation sites is 3. The summed E-state index contributed by atoms with van der Waals surface area (Å²) in [5, 5.41) is 5.14. The lowest BCUT2D eigenvalue weighted by atomic mass is 10.0. The van der Waals surface area contributed by atoms with Gasteiger partial charge in [0.05, 0.1) is 22.1 Å². The molecule has 2 heteroatoms. The lowest BCUT2D eigenvalue weighted by molar-refractivity contribution is 1.09. The zero-order valence-electron chi connectivity index (χ0n) is 29.3. The highest BCUT2D eigenvalue weighted by molar-refractivity contribution is 6.11. The molecule has 0 spiro atoms. The largest absolute Gasteiger partial charge is 0.309 e. The van der Waals surface area contributed by atoms with Crippen molar-refractivity contribution >= 4 is 43.6 Å². The summed E-state index contributed by atoms with van der Waals surface area (Å²) in [6.45, 7) is 8.25. The van der Waals surface area contributed by atoms with E-state index in [2.05, 4.69) is 181 Å². The fourth-order valence-electron chi connectivity index (χ4n) is 7.68. The molecule has 0 atom stereocenters. The Morgan fingerprint density at radius 1 is 0.400 bits per heavy atom. The zero-order valence-corrected chi connectivity index (χ0v) is 29.3. The molecule has 2 aromatic heterocycles. The van der Waals surface area contributed by atoms with Crippen LogP contribution in [0, 0.1) is 0 Å². The summed E-state index contributed by atoms with van der Waals surface area (Å²) in [6, 6.07) is 57.9. The second-order valence-electron chi connectivity index (χ2n) is 12.9. The van der Waals surface area contributed by atoms with Crippen molar-refractivity contribution in [3.8, 4) is 33.6 Å². The molecule has 0 saturated heterocycles. The first-order valence-corrected chi connectivity index (χ1v) is 18.1. The first-order chi connectivity index (χ1) is 24.7. The third-order valence-electron chi connectivity index (χ3n) is 9.73. The number of benzene rings is 7. The van der Waals surface area contributed by atoms with Crippen LogP contribution in [0.4, 0.5) is 0 Å². The number of rotatable bonds is 3. The molecule has 0 unspecified atom stereocenters. The van der Waals surface area contributed by atoms with Gasteiger partial charge in [-0.3, -0.25) is 0 Å². The van der Waals surface area contributed by atoms with Gasteiger partial charge in [-0.15, -0.1) is 0 Å². The fraction of sp³-hybridized carbons (Fsp3) is 0.125. The number of nitrogens with zero attached hydrogens (tertiary/aromatic N) is 2. The Labute approximate surface area is 294 Å². The Balaban J connectivity index is 0.000000688. The zero-order chi connectivity index (χ0) is 34.2. The number of hydrogen-bond acceptors (Lipinski definition) is 0. The molecule has 7 aromatic carbocycles. The van der Waals surface area contributed by atoms with Gasteiger partial charge in [0, 0.05) is 32.9 Å². The second kappa shape index (κ2) is 13.2. The molecule has 0 N–H and O–H groups in total. The van der Waals surface area contributed by atoms with E-state index in [0.717, 1.165) is 6.42 Å². The molecule has 0 aliphatic heterocycles. The third kappa shape index (κ3) is 5.11. The van der Waals surface area contributed by atoms with Crippen molar-refractivity contribution in [1.82, 2.24) is 9.13 Å². The highest BCUT2D eigenvalue weighted by Gasteiger charge is 2.22. The number of fused-ring (bicyclic) bond motifs is 9. The minimum absolute atomic E-state index is 0.964. The van der Waals surface area contributed by atoms with Gasteiger partial charge in [0.15, 0.2) is 0 Å². The second-order valence-corrected chi connectivity index (χ2v) is 12.9. The van der Waals surface area contributed by atoms with E-state index in [-0.39, 0.29) is 0 Å². The monoisotopic (exact) mass is 646 g/mol. The van der Waals surface area contributed by atoms with Gasteiger partial charge in [-0.05, 0) is 94.4 Å². The molecule has 0 amide bonds. The molecular formula is C48H42N2. The molecular weight excluding hydrogens is 605 g/mol. The van der Waals surface area contributed by atoms with Crippen molar-refractivity contribution < 1.29 is 0 Å². The lowest BCUT2D eigenvalue weighted by Crippen LogP contribution is -1.96. The van der Waals surface area contributed by atoms with Gasteiger partial charge < -0.3 is 9.13 Å². The van der Waals surface area contributed by atoms with E-state index in [4.69, 9.17) is 0 Å². The van der Waals surface area contributed by atoms with Crippen molar-refractivity contribution in [2.45, 2.75) is 40.5 Å². The Hall–Kier alpha value is -5.86. The van der Waals surface area contributed by atoms with E-state index in [9.17, 15) is 0 Å². The van der Waals surface area contributed by atoms with Crippen LogP contribution < -0.4 is 0 Å². The molecule has 10 rings (SSSR count). The molecule has 2 heterocycles. The van der Waals surface area contributed by atoms with Gasteiger partial charge in [0.2, 0.25) is 0 Å². The van der Waals surface area contributed by atoms with Gasteiger partial charge >= 0.3 is 0 Å². The summed E-state index contributed by atoms with van der Waals surface area (Å²) < 4.78 is 4.86. The molecule has 244 valence electrons. The van der Waals surface area contributed by atoms with Crippen LogP contribution in [0.2, 0.25) is 0 Å². The fourth-order valence-corrected chi connectivity index (χ4v) is 7.68. The van der Waals surface area contributed by atoms with Crippen molar-refractivity contribution in [2.24, 2.45) is 0 Å². The Kier molecular flexibility index (Phi) is 8.30. The standard InChI is InChI=1S/C43H28N2.C3H8.C2H6/c1-2-10-28(11-3-1)29-20-23-43-39(25-29)36-14-6-9-17-42(36)45(43)33-22-19-31-24-30-18-21-32(26-37(30)38(31)27-33)44-40-15-7-4-12-34(40)35-13-5-8-16-41(35)44;1-3-2;1-2/h1-23,25-27H,24H2;3H2,1-2H3;1-2H3. The summed E-state index contributed by atoms with van der Waals surface area (Å²) in [6.07, 6.45) is 2.21. The van der Waals surface area contributed by atoms with Crippen LogP contribution in [0.25, 0.3) is 77.2 Å². The van der Waals surface area contributed by atoms with E-state index < -0.39 is 0 Å². The molecule has 50 heavy (non-hydrogen) atoms. The molecule has 0 bridgehead atoms. The average molecular weight is 647 g/mol. The van der Waals surface area contributed by atoms with Crippen LogP contribution in [-0.4, -0.2) is 9.13 Å². The summed E-state index contributed by atoms with van der Waals surface area (Å²) >= 11 is 0. The van der Waals surface area contributed by atoms with Crippen molar-refractivity contribution in [3.63, 3.8) is 0 Å². The van der Waals surface area contributed by atoms with E-state index in [1.165, 1.54) is 94.8 Å². The van der Waals surface area contributed by atoms with Crippen LogP contribution in [0.5, 0.6) is 0 Å². The SMILES string of the molecule is CC.CCC.c1ccc(-c2ccc3c(c2)c2ccccc2n3-c2ccc3c(c2)-c2cc(-n4c5ccccc5c5ccccc54)ccc2C3)cc1. The Morgan fingerprint density at radius 3 is 1.32 bits per heavy atom. The van der Waals surface area contributed by atoms with Crippen molar-refractivity contribution in [1.29, 1.82) is 0 Å². The molecule has 1 aliphatic rings. The molecule has 0 radical (unpaired) electrons. The van der Waals surface area contributed by atoms with Gasteiger partial charge in [-0.25, -0.2) is 0 Å². The maximum Gasteiger partial charge on any atom is 0.0541 e. The molecule has 9 aromatic rings. The highest BCUT2D eigenvalue weighted by atomic mass is 15.0. The van der Waals surface area contributed by atoms with E-state index in [0.29, 0.717) is 0 Å². The molecule has 1 aliphatic carbocycles. The topological polar surface area (TPSA) is 9.86 Å². The molecule has 0 fully saturated rings. The maximum absolute atomic E-state index is 2.44. The summed E-state index contributed by atoms with van der Waals surface area (Å²) in [5.41, 5.74) is 15.3. The number of aromatic nitrogens is 2. The minimum atomic E-state index is 0.964. The van der Waals surface area contributed by atoms with Crippen LogP contribution in [0.3, 0.4) is 0 Å². The predicted molar refractivity (Wildman–Crippen MR) is 216 cm³/mol. The van der Waals surface area contributed by atoms with Crippen LogP contribution >= 0.6 is 0 Å². The molecule has 0 saturated carbocycles. The maximum atomic E-state index is 2.44. The van der Waals surface area contributed by atoms with Crippen LogP contribution in [0.1, 0.15) is 45.2 Å². The third-order valence-corrected chi connectivity index (χ3v) is 9.73. The summed E-state index contributed by atoms with van der Waals surface area (Å²) in [5.74, 6) is 0. The number of hydrogen-bond donors (Lipinski definition) is 0. The first kappa shape index (κ1) is 31.4. The van der Waals surface area contributed by atoms with Crippen LogP contribution in [-0.2, 0) is 6.42 Å². The first-order valence-electron chi connectivity index (χ1n) is 18.1. The van der Waals surface area contributed by atoms with E-state index >= 15 is 0 Å². The van der Waals surface area contributed by atoms with Gasteiger partial charge in [0.1, 0.15) is 0 Å². The smallest absolute Gasteiger partial charge is 0.0541 e. The average Bonchev–Trinajstić information content (AvgIpc) is 3.83. The predicted octanol–water partition coefficient (Wildman–Crippen LogP) is 13.6. The van der Waals surface area contributed by atoms with Crippen molar-refractivity contribution in [2.75, 3.05) is 0 Å². The lowest BCUT2D eigenvalue weighted by Gasteiger charge is -2.12. The Morgan fingerprint density at radius 2 is 0.820 bits per heavy atom. The highest BCUT2D eigenvalue weighted by Crippen LogP contribution is 2.42. The normalized spacial score (nSPS) is 11.6.